The number of aryl methyl sites for hydroxylation is 2. The minimum absolute atomic E-state index is 0.0965. The lowest BCUT2D eigenvalue weighted by atomic mass is 9.88. The van der Waals surface area contributed by atoms with Gasteiger partial charge in [-0.05, 0) is 74.3 Å². The molecule has 4 heteroatoms. The Morgan fingerprint density at radius 1 is 1.12 bits per heavy atom. The zero-order chi connectivity index (χ0) is 23.3. The van der Waals surface area contributed by atoms with Crippen LogP contribution in [0.3, 0.4) is 0 Å². The van der Waals surface area contributed by atoms with E-state index in [4.69, 9.17) is 4.74 Å². The Kier molecular flexibility index (Phi) is 7.92. The third-order valence-electron chi connectivity index (χ3n) is 6.61. The molecule has 32 heavy (non-hydrogen) atoms. The first-order chi connectivity index (χ1) is 15.3. The number of ether oxygens (including phenoxy) is 1. The number of carbonyl (C=O) groups is 1. The Bertz CT molecular complexity index is 975. The Balaban J connectivity index is 1.76. The van der Waals surface area contributed by atoms with Crippen LogP contribution < -0.4 is 5.32 Å². The van der Waals surface area contributed by atoms with Gasteiger partial charge in [0.15, 0.2) is 0 Å². The molecule has 170 valence electrons. The minimum atomic E-state index is 0.0965. The van der Waals surface area contributed by atoms with Crippen LogP contribution in [0.1, 0.15) is 53.2 Å². The van der Waals surface area contributed by atoms with Gasteiger partial charge in [-0.15, -0.1) is 0 Å². The van der Waals surface area contributed by atoms with Gasteiger partial charge in [0.1, 0.15) is 0 Å². The summed E-state index contributed by atoms with van der Waals surface area (Å²) in [4.78, 5) is 15.4. The van der Waals surface area contributed by atoms with Crippen molar-refractivity contribution in [1.29, 1.82) is 0 Å². The molecule has 1 aromatic rings. The van der Waals surface area contributed by atoms with Gasteiger partial charge in [-0.2, -0.15) is 0 Å². The molecule has 0 unspecified atom stereocenters. The Hall–Kier alpha value is -2.85. The molecule has 3 rings (SSSR count). The first-order valence-corrected chi connectivity index (χ1v) is 11.4. The normalized spacial score (nSPS) is 17.8. The van der Waals surface area contributed by atoms with E-state index in [1.807, 2.05) is 36.1 Å². The number of benzene rings is 1. The number of carbonyl (C=O) groups excluding carboxylic acids is 1. The summed E-state index contributed by atoms with van der Waals surface area (Å²) in [7, 11) is 0. The van der Waals surface area contributed by atoms with Crippen molar-refractivity contribution in [2.45, 2.75) is 40.0 Å². The smallest absolute Gasteiger partial charge is 0.254 e. The molecule has 0 aromatic heterocycles. The highest BCUT2D eigenvalue weighted by Crippen LogP contribution is 2.28. The molecule has 1 N–H and O–H groups in total. The topological polar surface area (TPSA) is 41.6 Å². The first-order valence-electron chi connectivity index (χ1n) is 11.4. The standard InChI is InChI=1S/C28H36N2O2/c1-7-9-23(8-2)24-10-13-30(14-11-24)28(31)26-17-25(20(4)16-21(26)5)22(6)29-27-18-32-15-12-19(27)3/h7-9,16-17,24,29H,1-2,6,10-15,18H2,3-5H3/b23-9+. The second-order valence-corrected chi connectivity index (χ2v) is 8.82. The largest absolute Gasteiger partial charge is 0.375 e. The van der Waals surface area contributed by atoms with Gasteiger partial charge in [0.25, 0.3) is 5.91 Å². The summed E-state index contributed by atoms with van der Waals surface area (Å²) in [6.07, 6.45) is 8.56. The van der Waals surface area contributed by atoms with E-state index in [1.54, 1.807) is 0 Å². The molecule has 1 amide bonds. The number of piperidine rings is 1. The van der Waals surface area contributed by atoms with E-state index in [0.717, 1.165) is 72.6 Å². The van der Waals surface area contributed by atoms with E-state index in [0.29, 0.717) is 12.5 Å². The number of amides is 1. The van der Waals surface area contributed by atoms with Crippen molar-refractivity contribution in [1.82, 2.24) is 10.2 Å². The molecule has 2 aliphatic rings. The third kappa shape index (κ3) is 5.31. The molecule has 1 fully saturated rings. The van der Waals surface area contributed by atoms with Crippen LogP contribution in [0.5, 0.6) is 0 Å². The second kappa shape index (κ2) is 10.6. The number of hydrogen-bond donors (Lipinski definition) is 1. The lowest BCUT2D eigenvalue weighted by Crippen LogP contribution is -2.39. The zero-order valence-corrected chi connectivity index (χ0v) is 19.8. The highest BCUT2D eigenvalue weighted by atomic mass is 16.5. The van der Waals surface area contributed by atoms with E-state index in [-0.39, 0.29) is 5.91 Å². The number of nitrogens with one attached hydrogen (secondary N) is 1. The molecular weight excluding hydrogens is 396 g/mol. The molecule has 2 aliphatic heterocycles. The lowest BCUT2D eigenvalue weighted by molar-refractivity contribution is 0.0702. The maximum atomic E-state index is 13.4. The van der Waals surface area contributed by atoms with Gasteiger partial charge < -0.3 is 15.0 Å². The van der Waals surface area contributed by atoms with Crippen molar-refractivity contribution in [2.24, 2.45) is 5.92 Å². The van der Waals surface area contributed by atoms with Crippen LogP contribution in [0.15, 0.2) is 66.9 Å². The molecule has 1 saturated heterocycles. The van der Waals surface area contributed by atoms with E-state index >= 15 is 0 Å². The predicted molar refractivity (Wildman–Crippen MR) is 133 cm³/mol. The van der Waals surface area contributed by atoms with Crippen LogP contribution in [-0.2, 0) is 4.74 Å². The SMILES string of the molecule is C=C/C=C(\C=C)C1CCN(C(=O)c2cc(C(=C)NC3=C(C)CCOC3)c(C)cc2C)CC1. The summed E-state index contributed by atoms with van der Waals surface area (Å²) in [5, 5.41) is 3.44. The van der Waals surface area contributed by atoms with Crippen molar-refractivity contribution in [3.8, 4) is 0 Å². The fourth-order valence-electron chi connectivity index (χ4n) is 4.57. The van der Waals surface area contributed by atoms with Gasteiger partial charge in [-0.25, -0.2) is 0 Å². The maximum Gasteiger partial charge on any atom is 0.254 e. The predicted octanol–water partition coefficient (Wildman–Crippen LogP) is 5.71. The second-order valence-electron chi connectivity index (χ2n) is 8.82. The van der Waals surface area contributed by atoms with Crippen molar-refractivity contribution >= 4 is 11.6 Å². The van der Waals surface area contributed by atoms with E-state index in [1.165, 1.54) is 11.1 Å². The van der Waals surface area contributed by atoms with E-state index < -0.39 is 0 Å². The number of rotatable bonds is 7. The highest BCUT2D eigenvalue weighted by molar-refractivity contribution is 5.97. The lowest BCUT2D eigenvalue weighted by Gasteiger charge is -2.33. The molecule has 0 saturated carbocycles. The summed E-state index contributed by atoms with van der Waals surface area (Å²) in [5.74, 6) is 0.529. The van der Waals surface area contributed by atoms with E-state index in [9.17, 15) is 4.79 Å². The summed E-state index contributed by atoms with van der Waals surface area (Å²) < 4.78 is 5.59. The molecule has 0 aliphatic carbocycles. The fourth-order valence-corrected chi connectivity index (χ4v) is 4.57. The molecular formula is C28H36N2O2. The van der Waals surface area contributed by atoms with Gasteiger partial charge in [-0.1, -0.05) is 44.0 Å². The quantitative estimate of drug-likeness (QED) is 0.561. The fraction of sp³-hybridized carbons (Fsp3) is 0.393. The summed E-state index contributed by atoms with van der Waals surface area (Å²) >= 11 is 0. The van der Waals surface area contributed by atoms with Crippen LogP contribution in [-0.4, -0.2) is 37.1 Å². The van der Waals surface area contributed by atoms with Gasteiger partial charge in [-0.3, -0.25) is 4.79 Å². The molecule has 0 bridgehead atoms. The first kappa shape index (κ1) is 23.8. The maximum absolute atomic E-state index is 13.4. The van der Waals surface area contributed by atoms with Crippen LogP contribution in [0.4, 0.5) is 0 Å². The van der Waals surface area contributed by atoms with Gasteiger partial charge in [0.05, 0.1) is 13.2 Å². The number of likely N-dealkylation sites (tertiary alicyclic amines) is 1. The molecule has 4 nitrogen and oxygen atoms in total. The zero-order valence-electron chi connectivity index (χ0n) is 19.8. The number of nitrogens with zero attached hydrogens (tertiary/aromatic N) is 1. The van der Waals surface area contributed by atoms with Crippen molar-refractivity contribution in [2.75, 3.05) is 26.3 Å². The van der Waals surface area contributed by atoms with Gasteiger partial charge in [0, 0.05) is 35.6 Å². The Morgan fingerprint density at radius 2 is 1.81 bits per heavy atom. The van der Waals surface area contributed by atoms with Crippen molar-refractivity contribution in [3.05, 3.63) is 89.2 Å². The van der Waals surface area contributed by atoms with Gasteiger partial charge >= 0.3 is 0 Å². The highest BCUT2D eigenvalue weighted by Gasteiger charge is 2.26. The molecule has 0 atom stereocenters. The molecule has 0 radical (unpaired) electrons. The summed E-state index contributed by atoms with van der Waals surface area (Å²) in [6, 6.07) is 4.09. The molecule has 1 aromatic carbocycles. The van der Waals surface area contributed by atoms with Crippen LogP contribution in [0.2, 0.25) is 0 Å². The third-order valence-corrected chi connectivity index (χ3v) is 6.61. The average molecular weight is 433 g/mol. The summed E-state index contributed by atoms with van der Waals surface area (Å²) in [5.41, 5.74) is 8.22. The van der Waals surface area contributed by atoms with Crippen LogP contribution in [0.25, 0.3) is 5.70 Å². The van der Waals surface area contributed by atoms with Crippen LogP contribution >= 0.6 is 0 Å². The molecule has 0 spiro atoms. The van der Waals surface area contributed by atoms with Crippen molar-refractivity contribution < 1.29 is 9.53 Å². The Morgan fingerprint density at radius 3 is 2.44 bits per heavy atom. The van der Waals surface area contributed by atoms with Crippen molar-refractivity contribution in [3.63, 3.8) is 0 Å². The Labute approximate surface area is 193 Å². The molecule has 2 heterocycles. The minimum Gasteiger partial charge on any atom is -0.375 e. The van der Waals surface area contributed by atoms with E-state index in [2.05, 4.69) is 45.0 Å². The number of hydrogen-bond acceptors (Lipinski definition) is 3. The van der Waals surface area contributed by atoms with Gasteiger partial charge in [0.2, 0.25) is 0 Å². The monoisotopic (exact) mass is 432 g/mol. The number of allylic oxidation sites excluding steroid dienone is 4. The van der Waals surface area contributed by atoms with Crippen LogP contribution in [0, 0.1) is 19.8 Å². The average Bonchev–Trinajstić information content (AvgIpc) is 2.78. The summed E-state index contributed by atoms with van der Waals surface area (Å²) in [6.45, 7) is 21.0.